The van der Waals surface area contributed by atoms with Crippen LogP contribution in [0.5, 0.6) is 0 Å². The minimum atomic E-state index is -4.59. The molecule has 106 valence electrons. The summed E-state index contributed by atoms with van der Waals surface area (Å²) >= 11 is 0. The lowest BCUT2D eigenvalue weighted by atomic mass is 9.68. The van der Waals surface area contributed by atoms with Gasteiger partial charge in [-0.05, 0) is 0 Å². The average Bonchev–Trinajstić information content (AvgIpc) is 2.13. The van der Waals surface area contributed by atoms with Crippen molar-refractivity contribution >= 4 is 5.97 Å². The molecule has 0 aliphatic heterocycles. The van der Waals surface area contributed by atoms with Gasteiger partial charge in [0.25, 0.3) is 17.4 Å². The highest BCUT2D eigenvalue weighted by molar-refractivity contribution is 5.79. The minimum Gasteiger partial charge on any atom is -0.479 e. The van der Waals surface area contributed by atoms with E-state index in [1.165, 1.54) is 0 Å². The second kappa shape index (κ2) is 3.36. The molecule has 0 amide bonds. The van der Waals surface area contributed by atoms with Gasteiger partial charge in [0.05, 0.1) is 6.42 Å². The number of aliphatic carboxylic acids is 1. The topological polar surface area (TPSA) is 219 Å². The van der Waals surface area contributed by atoms with Crippen molar-refractivity contribution in [1.29, 1.82) is 0 Å². The van der Waals surface area contributed by atoms with Gasteiger partial charge < -0.3 is 51.1 Å². The summed E-state index contributed by atoms with van der Waals surface area (Å²) in [5, 5.41) is 91.3. The SMILES string of the molecule is O=C(O)C1(O)CC(O)(O)C(O)(O)C(O)(O)C1(O)O. The molecule has 18 heavy (non-hydrogen) atoms. The summed E-state index contributed by atoms with van der Waals surface area (Å²) in [5.74, 6) is -19.8. The Kier molecular flexibility index (Phi) is 2.83. The largest absolute Gasteiger partial charge is 0.479 e. The van der Waals surface area contributed by atoms with Crippen molar-refractivity contribution in [3.05, 3.63) is 0 Å². The molecular formula is C7H12O11. The number of hydrogen-bond acceptors (Lipinski definition) is 10. The number of carbonyl (C=O) groups is 1. The van der Waals surface area contributed by atoms with E-state index >= 15 is 0 Å². The van der Waals surface area contributed by atoms with Gasteiger partial charge in [-0.1, -0.05) is 0 Å². The molecule has 1 saturated carbocycles. The molecule has 0 heterocycles. The first-order valence-corrected chi connectivity index (χ1v) is 4.40. The van der Waals surface area contributed by atoms with Crippen LogP contribution < -0.4 is 0 Å². The van der Waals surface area contributed by atoms with Crippen LogP contribution in [0.3, 0.4) is 0 Å². The van der Waals surface area contributed by atoms with Gasteiger partial charge in [0.2, 0.25) is 11.4 Å². The summed E-state index contributed by atoms with van der Waals surface area (Å²) in [6.07, 6.45) is -1.93. The monoisotopic (exact) mass is 272 g/mol. The van der Waals surface area contributed by atoms with Crippen molar-refractivity contribution in [2.75, 3.05) is 0 Å². The number of aliphatic hydroxyl groups is 9. The molecule has 11 heteroatoms. The Morgan fingerprint density at radius 3 is 1.44 bits per heavy atom. The lowest BCUT2D eigenvalue weighted by Gasteiger charge is -2.56. The average molecular weight is 272 g/mol. The Morgan fingerprint density at radius 2 is 1.11 bits per heavy atom. The highest BCUT2D eigenvalue weighted by Crippen LogP contribution is 2.49. The third-order valence-electron chi connectivity index (χ3n) is 2.96. The molecule has 0 spiro atoms. The van der Waals surface area contributed by atoms with Crippen LogP contribution in [0.15, 0.2) is 0 Å². The molecule has 10 N–H and O–H groups in total. The molecule has 1 unspecified atom stereocenters. The fourth-order valence-electron chi connectivity index (χ4n) is 1.64. The van der Waals surface area contributed by atoms with Gasteiger partial charge in [-0.25, -0.2) is 4.79 Å². The zero-order valence-electron chi connectivity index (χ0n) is 8.59. The minimum absolute atomic E-state index is 1.93. The number of carboxylic acids is 1. The van der Waals surface area contributed by atoms with E-state index in [0.717, 1.165) is 0 Å². The van der Waals surface area contributed by atoms with Gasteiger partial charge >= 0.3 is 5.97 Å². The Hall–Kier alpha value is -0.890. The smallest absolute Gasteiger partial charge is 0.341 e. The predicted octanol–water partition coefficient (Wildman–Crippen LogP) is -6.07. The molecule has 1 aliphatic rings. The van der Waals surface area contributed by atoms with Gasteiger partial charge in [0, 0.05) is 0 Å². The van der Waals surface area contributed by atoms with Gasteiger partial charge in [0.15, 0.2) is 0 Å². The summed E-state index contributed by atoms with van der Waals surface area (Å²) in [6, 6.07) is 0. The van der Waals surface area contributed by atoms with Crippen molar-refractivity contribution < 1.29 is 55.9 Å². The van der Waals surface area contributed by atoms with Crippen LogP contribution in [0.2, 0.25) is 0 Å². The highest BCUT2D eigenvalue weighted by atomic mass is 16.7. The fraction of sp³-hybridized carbons (Fsp3) is 0.857. The molecule has 0 aromatic rings. The van der Waals surface area contributed by atoms with Gasteiger partial charge in [0.1, 0.15) is 0 Å². The van der Waals surface area contributed by atoms with E-state index in [9.17, 15) is 20.1 Å². The first-order valence-electron chi connectivity index (χ1n) is 4.40. The summed E-state index contributed by atoms with van der Waals surface area (Å²) in [4.78, 5) is 10.7. The Bertz CT molecular complexity index is 383. The summed E-state index contributed by atoms with van der Waals surface area (Å²) < 4.78 is 0. The lowest BCUT2D eigenvalue weighted by Crippen LogP contribution is -2.88. The maximum Gasteiger partial charge on any atom is 0.341 e. The zero-order valence-corrected chi connectivity index (χ0v) is 8.59. The van der Waals surface area contributed by atoms with E-state index < -0.39 is 41.1 Å². The maximum atomic E-state index is 10.7. The summed E-state index contributed by atoms with van der Waals surface area (Å²) in [5.41, 5.74) is -3.89. The van der Waals surface area contributed by atoms with Gasteiger partial charge in [-0.3, -0.25) is 0 Å². The van der Waals surface area contributed by atoms with Crippen LogP contribution in [-0.4, -0.2) is 85.8 Å². The Morgan fingerprint density at radius 1 is 0.722 bits per heavy atom. The van der Waals surface area contributed by atoms with Crippen LogP contribution in [0, 0.1) is 0 Å². The second-order valence-electron chi connectivity index (χ2n) is 4.18. The summed E-state index contributed by atoms with van der Waals surface area (Å²) in [7, 11) is 0. The number of hydrogen-bond donors (Lipinski definition) is 10. The molecule has 0 aromatic heterocycles. The normalized spacial score (nSPS) is 36.1. The van der Waals surface area contributed by atoms with Crippen molar-refractivity contribution in [2.45, 2.75) is 35.2 Å². The van der Waals surface area contributed by atoms with Crippen LogP contribution in [-0.2, 0) is 4.79 Å². The van der Waals surface area contributed by atoms with Crippen molar-refractivity contribution in [1.82, 2.24) is 0 Å². The number of rotatable bonds is 1. The Labute approximate surface area is 98.0 Å². The van der Waals surface area contributed by atoms with Crippen LogP contribution >= 0.6 is 0 Å². The van der Waals surface area contributed by atoms with Crippen molar-refractivity contribution in [3.63, 3.8) is 0 Å². The van der Waals surface area contributed by atoms with E-state index in [1.807, 2.05) is 0 Å². The molecule has 1 fully saturated rings. The molecule has 0 aromatic carbocycles. The predicted molar refractivity (Wildman–Crippen MR) is 45.9 cm³/mol. The van der Waals surface area contributed by atoms with Crippen molar-refractivity contribution in [3.8, 4) is 0 Å². The van der Waals surface area contributed by atoms with Crippen molar-refractivity contribution in [2.24, 2.45) is 0 Å². The molecule has 0 saturated heterocycles. The molecule has 1 aliphatic carbocycles. The zero-order chi connectivity index (χ0) is 14.8. The standard InChI is InChI=1S/C7H12O11/c8-2(9)3(10)1-4(11,12)6(15,16)7(17,18)5(3,13)14/h10-18H,1H2,(H,8,9). The quantitative estimate of drug-likeness (QED) is 0.202. The third-order valence-corrected chi connectivity index (χ3v) is 2.96. The fourth-order valence-corrected chi connectivity index (χ4v) is 1.64. The van der Waals surface area contributed by atoms with E-state index in [0.29, 0.717) is 0 Å². The third kappa shape index (κ3) is 1.36. The van der Waals surface area contributed by atoms with Gasteiger partial charge in [-0.2, -0.15) is 0 Å². The second-order valence-corrected chi connectivity index (χ2v) is 4.18. The van der Waals surface area contributed by atoms with Crippen LogP contribution in [0.4, 0.5) is 0 Å². The van der Waals surface area contributed by atoms with Crippen LogP contribution in [0.25, 0.3) is 0 Å². The lowest BCUT2D eigenvalue weighted by molar-refractivity contribution is -0.549. The van der Waals surface area contributed by atoms with E-state index in [2.05, 4.69) is 0 Å². The highest BCUT2D eigenvalue weighted by Gasteiger charge is 2.83. The number of carboxylic acid groups (broad SMARTS) is 1. The van der Waals surface area contributed by atoms with Gasteiger partial charge in [-0.15, -0.1) is 0 Å². The first-order chi connectivity index (χ1) is 7.65. The molecule has 1 rings (SSSR count). The molecule has 0 bridgehead atoms. The van der Waals surface area contributed by atoms with E-state index in [1.54, 1.807) is 0 Å². The molecule has 11 nitrogen and oxygen atoms in total. The first kappa shape index (κ1) is 15.2. The molecule has 0 radical (unpaired) electrons. The maximum absolute atomic E-state index is 10.7. The van der Waals surface area contributed by atoms with E-state index in [4.69, 9.17) is 35.7 Å². The Balaban J connectivity index is 3.57. The molecule has 1 atom stereocenters. The molecular weight excluding hydrogens is 260 g/mol. The summed E-state index contributed by atoms with van der Waals surface area (Å²) in [6.45, 7) is 0. The van der Waals surface area contributed by atoms with E-state index in [-0.39, 0.29) is 0 Å². The van der Waals surface area contributed by atoms with Crippen LogP contribution in [0.1, 0.15) is 6.42 Å².